The molecule has 2 rings (SSSR count). The summed E-state index contributed by atoms with van der Waals surface area (Å²) < 4.78 is 17.5. The van der Waals surface area contributed by atoms with Crippen LogP contribution in [0.2, 0.25) is 0 Å². The fourth-order valence-corrected chi connectivity index (χ4v) is 3.35. The van der Waals surface area contributed by atoms with Crippen LogP contribution >= 0.6 is 0 Å². The second-order valence-corrected chi connectivity index (χ2v) is 11.8. The molecule has 0 aliphatic carbocycles. The number of primary amides is 1. The van der Waals surface area contributed by atoms with Crippen LogP contribution in [0, 0.1) is 0 Å². The normalized spacial score (nSPS) is 12.2. The standard InChI is InChI=1S/C26H38N4O7/c1-24(2,3)35-21(32)29-17-14-15(28(10)11)12-13-16(17)18(19(27)31)20(29)30(22(33)36-25(4,5)6)23(34)37-26(7,8)9/h12-14H,1-11H3,(H2,27,31). The molecule has 0 saturated heterocycles. The van der Waals surface area contributed by atoms with Gasteiger partial charge >= 0.3 is 18.3 Å². The monoisotopic (exact) mass is 518 g/mol. The lowest BCUT2D eigenvalue weighted by Gasteiger charge is -2.29. The quantitative estimate of drug-likeness (QED) is 0.544. The third-order valence-electron chi connectivity index (χ3n) is 4.63. The summed E-state index contributed by atoms with van der Waals surface area (Å²) >= 11 is 0. The molecule has 0 atom stereocenters. The number of hydrogen-bond donors (Lipinski definition) is 1. The van der Waals surface area contributed by atoms with Crippen LogP contribution in [-0.2, 0) is 14.2 Å². The van der Waals surface area contributed by atoms with Crippen LogP contribution in [0.1, 0.15) is 72.7 Å². The van der Waals surface area contributed by atoms with E-state index in [2.05, 4.69) is 0 Å². The molecule has 2 aromatic rings. The number of rotatable bonds is 3. The highest BCUT2D eigenvalue weighted by molar-refractivity contribution is 6.21. The molecule has 11 heteroatoms. The summed E-state index contributed by atoms with van der Waals surface area (Å²) in [4.78, 5) is 55.6. The Morgan fingerprint density at radius 1 is 0.784 bits per heavy atom. The number of aromatic nitrogens is 1. The Bertz CT molecular complexity index is 1200. The first-order chi connectivity index (χ1) is 16.6. The van der Waals surface area contributed by atoms with Crippen molar-refractivity contribution in [3.63, 3.8) is 0 Å². The molecular weight excluding hydrogens is 480 g/mol. The molecule has 37 heavy (non-hydrogen) atoms. The first-order valence-electron chi connectivity index (χ1n) is 11.8. The first kappa shape index (κ1) is 29.5. The van der Waals surface area contributed by atoms with E-state index < -0.39 is 46.8 Å². The number of ether oxygens (including phenoxy) is 3. The molecule has 0 aliphatic rings. The zero-order valence-corrected chi connectivity index (χ0v) is 23.5. The molecule has 0 fully saturated rings. The minimum Gasteiger partial charge on any atom is -0.443 e. The summed E-state index contributed by atoms with van der Waals surface area (Å²) in [5, 5.41) is 0.232. The maximum absolute atomic E-state index is 13.6. The van der Waals surface area contributed by atoms with Gasteiger partial charge in [0.2, 0.25) is 0 Å². The van der Waals surface area contributed by atoms with Crippen molar-refractivity contribution in [1.29, 1.82) is 0 Å². The van der Waals surface area contributed by atoms with E-state index in [9.17, 15) is 19.2 Å². The van der Waals surface area contributed by atoms with Gasteiger partial charge in [-0.1, -0.05) is 0 Å². The van der Waals surface area contributed by atoms with E-state index in [-0.39, 0.29) is 16.5 Å². The van der Waals surface area contributed by atoms with Crippen molar-refractivity contribution in [1.82, 2.24) is 4.57 Å². The zero-order chi connectivity index (χ0) is 28.7. The Balaban J connectivity index is 3.06. The Hall–Kier alpha value is -3.76. The topological polar surface area (TPSA) is 133 Å². The van der Waals surface area contributed by atoms with Gasteiger partial charge in [0, 0.05) is 25.2 Å². The number of nitrogens with two attached hydrogens (primary N) is 1. The van der Waals surface area contributed by atoms with E-state index in [1.54, 1.807) is 99.5 Å². The molecule has 1 aromatic heterocycles. The summed E-state index contributed by atoms with van der Waals surface area (Å²) in [6.07, 6.45) is -3.26. The average Bonchev–Trinajstić information content (AvgIpc) is 2.97. The highest BCUT2D eigenvalue weighted by atomic mass is 16.6. The number of amides is 3. The Morgan fingerprint density at radius 3 is 1.62 bits per heavy atom. The van der Waals surface area contributed by atoms with Gasteiger partial charge in [-0.15, -0.1) is 0 Å². The number of benzene rings is 1. The highest BCUT2D eigenvalue weighted by Gasteiger charge is 2.40. The zero-order valence-electron chi connectivity index (χ0n) is 23.5. The second-order valence-electron chi connectivity index (χ2n) is 11.8. The van der Waals surface area contributed by atoms with E-state index in [4.69, 9.17) is 19.9 Å². The molecule has 0 unspecified atom stereocenters. The second kappa shape index (κ2) is 9.95. The molecule has 3 amide bonds. The van der Waals surface area contributed by atoms with Gasteiger partial charge in [-0.05, 0) is 80.5 Å². The number of anilines is 2. The number of nitrogens with zero attached hydrogens (tertiary/aromatic N) is 3. The van der Waals surface area contributed by atoms with Gasteiger partial charge in [-0.2, -0.15) is 4.90 Å². The van der Waals surface area contributed by atoms with Crippen molar-refractivity contribution in [2.45, 2.75) is 79.1 Å². The first-order valence-corrected chi connectivity index (χ1v) is 11.8. The summed E-state index contributed by atoms with van der Waals surface area (Å²) in [6, 6.07) is 4.92. The molecule has 0 spiro atoms. The lowest BCUT2D eigenvalue weighted by atomic mass is 10.1. The minimum atomic E-state index is -1.16. The van der Waals surface area contributed by atoms with Crippen LogP contribution < -0.4 is 15.5 Å². The number of imide groups is 1. The van der Waals surface area contributed by atoms with Crippen molar-refractivity contribution < 1.29 is 33.4 Å². The van der Waals surface area contributed by atoms with Crippen LogP contribution in [0.4, 0.5) is 25.9 Å². The highest BCUT2D eigenvalue weighted by Crippen LogP contribution is 2.37. The van der Waals surface area contributed by atoms with Crippen molar-refractivity contribution >= 4 is 46.6 Å². The summed E-state index contributed by atoms with van der Waals surface area (Å²) in [6.45, 7) is 14.7. The largest absolute Gasteiger partial charge is 0.443 e. The van der Waals surface area contributed by atoms with Crippen LogP contribution in [0.15, 0.2) is 18.2 Å². The fraction of sp³-hybridized carbons (Fsp3) is 0.538. The van der Waals surface area contributed by atoms with Crippen molar-refractivity contribution in [2.24, 2.45) is 5.73 Å². The van der Waals surface area contributed by atoms with Gasteiger partial charge in [0.05, 0.1) is 11.1 Å². The van der Waals surface area contributed by atoms with E-state index >= 15 is 0 Å². The maximum Gasteiger partial charge on any atom is 0.425 e. The van der Waals surface area contributed by atoms with Crippen molar-refractivity contribution in [3.05, 3.63) is 23.8 Å². The van der Waals surface area contributed by atoms with Crippen LogP contribution in [0.5, 0.6) is 0 Å². The van der Waals surface area contributed by atoms with E-state index in [0.717, 1.165) is 4.57 Å². The predicted molar refractivity (Wildman–Crippen MR) is 141 cm³/mol. The Morgan fingerprint density at radius 2 is 1.24 bits per heavy atom. The predicted octanol–water partition coefficient (Wildman–Crippen LogP) is 5.27. The third kappa shape index (κ3) is 7.14. The molecule has 0 radical (unpaired) electrons. The minimum absolute atomic E-state index is 0.196. The van der Waals surface area contributed by atoms with Gasteiger partial charge in [0.1, 0.15) is 16.8 Å². The average molecular weight is 519 g/mol. The van der Waals surface area contributed by atoms with E-state index in [1.165, 1.54) is 0 Å². The molecule has 0 bridgehead atoms. The van der Waals surface area contributed by atoms with E-state index in [1.807, 2.05) is 0 Å². The van der Waals surface area contributed by atoms with Crippen LogP contribution in [-0.4, -0.2) is 59.7 Å². The molecule has 0 aliphatic heterocycles. The number of hydrogen-bond acceptors (Lipinski definition) is 8. The molecule has 2 N–H and O–H groups in total. The van der Waals surface area contributed by atoms with Gasteiger partial charge < -0.3 is 24.8 Å². The van der Waals surface area contributed by atoms with Gasteiger partial charge in [0.25, 0.3) is 5.91 Å². The van der Waals surface area contributed by atoms with Crippen molar-refractivity contribution in [3.8, 4) is 0 Å². The molecule has 11 nitrogen and oxygen atoms in total. The van der Waals surface area contributed by atoms with Crippen molar-refractivity contribution in [2.75, 3.05) is 23.9 Å². The summed E-state index contributed by atoms with van der Waals surface area (Å²) in [5.41, 5.74) is 3.40. The third-order valence-corrected chi connectivity index (χ3v) is 4.63. The molecule has 1 heterocycles. The molecular formula is C26H38N4O7. The van der Waals surface area contributed by atoms with Gasteiger partial charge in [0.15, 0.2) is 5.82 Å². The number of fused-ring (bicyclic) bond motifs is 1. The van der Waals surface area contributed by atoms with Crippen LogP contribution in [0.3, 0.4) is 0 Å². The number of carbonyl (C=O) groups excluding carboxylic acids is 4. The van der Waals surface area contributed by atoms with Gasteiger partial charge in [-0.25, -0.2) is 19.0 Å². The molecule has 1 aromatic carbocycles. The maximum atomic E-state index is 13.6. The van der Waals surface area contributed by atoms with Crippen LogP contribution in [0.25, 0.3) is 10.9 Å². The number of carbonyl (C=O) groups is 4. The molecule has 204 valence electrons. The lowest BCUT2D eigenvalue weighted by Crippen LogP contribution is -2.46. The van der Waals surface area contributed by atoms with E-state index in [0.29, 0.717) is 10.6 Å². The Kier molecular flexibility index (Phi) is 7.92. The Labute approximate surface area is 217 Å². The molecule has 0 saturated carbocycles. The summed E-state index contributed by atoms with van der Waals surface area (Å²) in [5.74, 6) is -1.41. The summed E-state index contributed by atoms with van der Waals surface area (Å²) in [7, 11) is 3.59. The smallest absolute Gasteiger partial charge is 0.425 e. The SMILES string of the molecule is CN(C)c1ccc2c(C(N)=O)c(N(C(=O)OC(C)(C)C)C(=O)OC(C)(C)C)n(C(=O)OC(C)(C)C)c2c1. The van der Waals surface area contributed by atoms with Gasteiger partial charge in [-0.3, -0.25) is 4.79 Å². The fourth-order valence-electron chi connectivity index (χ4n) is 3.35. The lowest BCUT2D eigenvalue weighted by molar-refractivity contribution is 0.0426.